The van der Waals surface area contributed by atoms with E-state index in [1.807, 2.05) is 0 Å². The largest absolute Gasteiger partial charge is 0.513 e. The number of benzene rings is 3. The summed E-state index contributed by atoms with van der Waals surface area (Å²) in [5, 5.41) is 14.4. The Morgan fingerprint density at radius 2 is 1.69 bits per heavy atom. The smallest absolute Gasteiger partial charge is 0.480 e. The number of amides is 3. The Hall–Kier alpha value is -5.90. The maximum atomic E-state index is 13.7. The van der Waals surface area contributed by atoms with E-state index in [-0.39, 0.29) is 28.0 Å². The summed E-state index contributed by atoms with van der Waals surface area (Å²) in [6, 6.07) is 14.5. The minimum Gasteiger partial charge on any atom is -0.480 e. The molecule has 0 radical (unpaired) electrons. The molecule has 15 nitrogen and oxygen atoms in total. The van der Waals surface area contributed by atoms with E-state index in [4.69, 9.17) is 9.15 Å². The monoisotopic (exact) mass is 688 g/mol. The molecule has 0 bridgehead atoms. The van der Waals surface area contributed by atoms with Crippen LogP contribution < -0.4 is 26.7 Å². The summed E-state index contributed by atoms with van der Waals surface area (Å²) in [5.74, 6) is -4.48. The average molecular weight is 689 g/mol. The van der Waals surface area contributed by atoms with Crippen molar-refractivity contribution >= 4 is 52.6 Å². The molecule has 252 valence electrons. The number of hydrogen-bond acceptors (Lipinski definition) is 11. The second kappa shape index (κ2) is 12.6. The van der Waals surface area contributed by atoms with Crippen LogP contribution in [-0.2, 0) is 19.1 Å². The van der Waals surface area contributed by atoms with Gasteiger partial charge in [0.15, 0.2) is 11.3 Å². The lowest BCUT2D eigenvalue weighted by molar-refractivity contribution is -0.161. The van der Waals surface area contributed by atoms with Crippen molar-refractivity contribution in [2.45, 2.75) is 42.1 Å². The molecule has 0 spiro atoms. The number of hydrogen-bond donors (Lipinski definition) is 3. The standard InChI is InChI=1S/C33H28N4O11S/c1-33(2)24(30(42)43)37-28(41)22(29(37)49-33)35-26(39)21(16-9-5-4-6-10-16)34-25(38)17-11-7-12-18(15-17)36-27(40)19-13-8-14-20(47-32(45)46-3)23(19)48-31(36)44/h4-15,21-22,24,29H,1-3H3,(H,34,38)(H,35,39)(H,42,43)/t21-,22-,24+,29-/m1/s1. The van der Waals surface area contributed by atoms with Gasteiger partial charge in [0.1, 0.15) is 23.5 Å². The van der Waals surface area contributed by atoms with Crippen LogP contribution in [0.1, 0.15) is 35.8 Å². The molecule has 2 fully saturated rings. The van der Waals surface area contributed by atoms with E-state index in [2.05, 4.69) is 15.4 Å². The number of aromatic nitrogens is 1. The predicted molar refractivity (Wildman–Crippen MR) is 173 cm³/mol. The van der Waals surface area contributed by atoms with Gasteiger partial charge >= 0.3 is 17.9 Å². The maximum absolute atomic E-state index is 13.7. The Balaban J connectivity index is 1.27. The number of carbonyl (C=O) groups is 5. The number of thioether (sulfide) groups is 1. The molecule has 0 unspecified atom stereocenters. The molecule has 2 aliphatic heterocycles. The van der Waals surface area contributed by atoms with Crippen LogP contribution in [0.25, 0.3) is 16.7 Å². The molecule has 3 heterocycles. The van der Waals surface area contributed by atoms with Crippen LogP contribution in [0.15, 0.2) is 86.8 Å². The van der Waals surface area contributed by atoms with Gasteiger partial charge in [-0.15, -0.1) is 11.8 Å². The maximum Gasteiger partial charge on any atom is 0.513 e. The van der Waals surface area contributed by atoms with Gasteiger partial charge in [-0.25, -0.2) is 19.0 Å². The molecular formula is C33H28N4O11S. The molecular weight excluding hydrogens is 660 g/mol. The number of carboxylic acid groups (broad SMARTS) is 1. The molecule has 0 aliphatic carbocycles. The van der Waals surface area contributed by atoms with Gasteiger partial charge in [0.05, 0.1) is 18.2 Å². The Labute approximate surface area is 280 Å². The van der Waals surface area contributed by atoms with Crippen molar-refractivity contribution in [3.05, 3.63) is 105 Å². The molecule has 2 saturated heterocycles. The van der Waals surface area contributed by atoms with Gasteiger partial charge < -0.3 is 34.5 Å². The van der Waals surface area contributed by atoms with Crippen molar-refractivity contribution in [1.29, 1.82) is 0 Å². The van der Waals surface area contributed by atoms with E-state index in [0.717, 1.165) is 7.11 Å². The fourth-order valence-electron chi connectivity index (χ4n) is 5.89. The minimum atomic E-state index is -1.28. The summed E-state index contributed by atoms with van der Waals surface area (Å²) in [7, 11) is 1.09. The van der Waals surface area contributed by atoms with Gasteiger partial charge in [0.25, 0.3) is 11.5 Å². The highest BCUT2D eigenvalue weighted by Crippen LogP contribution is 2.50. The first-order valence-electron chi connectivity index (χ1n) is 14.8. The summed E-state index contributed by atoms with van der Waals surface area (Å²) >= 11 is 1.27. The van der Waals surface area contributed by atoms with Crippen molar-refractivity contribution in [2.75, 3.05) is 7.11 Å². The normalized spacial score (nSPS) is 19.7. The number of fused-ring (bicyclic) bond motifs is 2. The van der Waals surface area contributed by atoms with Crippen molar-refractivity contribution in [2.24, 2.45) is 0 Å². The third kappa shape index (κ3) is 5.90. The second-order valence-electron chi connectivity index (χ2n) is 11.6. The zero-order valence-electron chi connectivity index (χ0n) is 26.1. The highest BCUT2D eigenvalue weighted by molar-refractivity contribution is 8.01. The van der Waals surface area contributed by atoms with Gasteiger partial charge in [-0.05, 0) is 49.7 Å². The molecule has 3 N–H and O–H groups in total. The number of nitrogens with zero attached hydrogens (tertiary/aromatic N) is 2. The van der Waals surface area contributed by atoms with E-state index < -0.39 is 69.4 Å². The van der Waals surface area contributed by atoms with Crippen molar-refractivity contribution in [3.8, 4) is 11.4 Å². The molecule has 6 rings (SSSR count). The number of para-hydroxylation sites is 1. The van der Waals surface area contributed by atoms with E-state index in [1.165, 1.54) is 59.1 Å². The van der Waals surface area contributed by atoms with Crippen molar-refractivity contribution in [1.82, 2.24) is 20.1 Å². The van der Waals surface area contributed by atoms with Crippen LogP contribution in [-0.4, -0.2) is 73.7 Å². The fourth-order valence-corrected chi connectivity index (χ4v) is 7.51. The van der Waals surface area contributed by atoms with Crippen LogP contribution in [0.3, 0.4) is 0 Å². The van der Waals surface area contributed by atoms with Crippen LogP contribution in [0.2, 0.25) is 0 Å². The zero-order valence-corrected chi connectivity index (χ0v) is 26.9. The van der Waals surface area contributed by atoms with E-state index >= 15 is 0 Å². The quantitative estimate of drug-likeness (QED) is 0.139. The fraction of sp³-hybridized carbons (Fsp3) is 0.242. The number of carboxylic acids is 1. The van der Waals surface area contributed by atoms with E-state index in [9.17, 15) is 38.7 Å². The second-order valence-corrected chi connectivity index (χ2v) is 13.4. The summed E-state index contributed by atoms with van der Waals surface area (Å²) in [6.07, 6.45) is -1.09. The molecule has 4 aromatic rings. The molecule has 3 amide bonds. The summed E-state index contributed by atoms with van der Waals surface area (Å²) in [5.41, 5.74) is -0.757. The lowest BCUT2D eigenvalue weighted by Crippen LogP contribution is -2.71. The third-order valence-corrected chi connectivity index (χ3v) is 9.73. The predicted octanol–water partition coefficient (Wildman–Crippen LogP) is 2.19. The molecule has 49 heavy (non-hydrogen) atoms. The summed E-state index contributed by atoms with van der Waals surface area (Å²) < 4.78 is 14.7. The Bertz CT molecular complexity index is 2150. The lowest BCUT2D eigenvalue weighted by atomic mass is 9.95. The van der Waals surface area contributed by atoms with Gasteiger partial charge in [-0.3, -0.25) is 19.2 Å². The number of aliphatic carboxylic acids is 1. The first-order chi connectivity index (χ1) is 23.3. The van der Waals surface area contributed by atoms with E-state index in [1.54, 1.807) is 44.2 Å². The molecule has 16 heteroatoms. The lowest BCUT2D eigenvalue weighted by Gasteiger charge is -2.44. The van der Waals surface area contributed by atoms with Crippen molar-refractivity contribution in [3.63, 3.8) is 0 Å². The third-order valence-electron chi connectivity index (χ3n) is 8.15. The number of rotatable bonds is 8. The van der Waals surface area contributed by atoms with Crippen LogP contribution >= 0.6 is 11.8 Å². The Morgan fingerprint density at radius 3 is 2.39 bits per heavy atom. The number of carbonyl (C=O) groups excluding carboxylic acids is 4. The van der Waals surface area contributed by atoms with Crippen LogP contribution in [0, 0.1) is 0 Å². The van der Waals surface area contributed by atoms with Crippen LogP contribution in [0.4, 0.5) is 4.79 Å². The van der Waals surface area contributed by atoms with Crippen LogP contribution in [0.5, 0.6) is 5.75 Å². The van der Waals surface area contributed by atoms with Gasteiger partial charge in [0, 0.05) is 10.3 Å². The Kier molecular flexibility index (Phi) is 8.50. The van der Waals surface area contributed by atoms with Gasteiger partial charge in [-0.2, -0.15) is 0 Å². The minimum absolute atomic E-state index is 0.0244. The Morgan fingerprint density at radius 1 is 0.980 bits per heavy atom. The first-order valence-corrected chi connectivity index (χ1v) is 15.6. The SMILES string of the molecule is COC(=O)Oc1cccc2c(=O)n(-c3cccc(C(=O)N[C@@H](C(=O)N[C@@H]4C(=O)N5[C@@H]4SC(C)(C)[C@@H]5C(=O)O)c4ccccc4)c3)c(=O)oc12. The molecule has 0 saturated carbocycles. The molecule has 2 aliphatic rings. The number of β-lactam (4-membered cyclic amide) rings is 1. The highest BCUT2D eigenvalue weighted by atomic mass is 32.2. The molecule has 1 aromatic heterocycles. The zero-order chi connectivity index (χ0) is 35.2. The van der Waals surface area contributed by atoms with Gasteiger partial charge in [0.2, 0.25) is 11.8 Å². The molecule has 3 aromatic carbocycles. The summed E-state index contributed by atoms with van der Waals surface area (Å²) in [6.45, 7) is 3.43. The number of methoxy groups -OCH3 is 1. The number of nitrogens with one attached hydrogen (secondary N) is 2. The topological polar surface area (TPSA) is 204 Å². The highest BCUT2D eigenvalue weighted by Gasteiger charge is 2.64. The van der Waals surface area contributed by atoms with E-state index in [0.29, 0.717) is 10.1 Å². The average Bonchev–Trinajstić information content (AvgIpc) is 3.34. The van der Waals surface area contributed by atoms with Gasteiger partial charge in [-0.1, -0.05) is 42.5 Å². The summed E-state index contributed by atoms with van der Waals surface area (Å²) in [4.78, 5) is 91.6. The van der Waals surface area contributed by atoms with Crippen molar-refractivity contribution < 1.29 is 43.0 Å². The first kappa shape index (κ1) is 33.0. The molecule has 4 atom stereocenters. The number of ether oxygens (including phenoxy) is 2.